The third-order valence-corrected chi connectivity index (χ3v) is 6.12. The summed E-state index contributed by atoms with van der Waals surface area (Å²) in [5.41, 5.74) is 0.995. The summed E-state index contributed by atoms with van der Waals surface area (Å²) in [5, 5.41) is 11.7. The molecule has 1 aliphatic carbocycles. The highest BCUT2D eigenvalue weighted by atomic mass is 32.2. The Hall–Kier alpha value is -2.56. The number of hydrogen-bond donors (Lipinski definition) is 1. The van der Waals surface area contributed by atoms with Gasteiger partial charge in [-0.05, 0) is 51.2 Å². The standard InChI is InChI=1S/C19H25N5O4S/c1-22(2)12-11-21-29(27,28)17-8-9-18(19(13-17)24(25)26)23(16-6-7-16)14-15-5-3-4-10-20-15/h3-5,8-10,13,16,21H,6-7,11-12,14H2,1-2H3. The second-order valence-corrected chi connectivity index (χ2v) is 9.06. The molecule has 1 aromatic heterocycles. The summed E-state index contributed by atoms with van der Waals surface area (Å²) >= 11 is 0. The predicted molar refractivity (Wildman–Crippen MR) is 110 cm³/mol. The Kier molecular flexibility index (Phi) is 6.46. The second kappa shape index (κ2) is 8.85. The summed E-state index contributed by atoms with van der Waals surface area (Å²) in [7, 11) is -0.159. The van der Waals surface area contributed by atoms with Crippen molar-refractivity contribution in [2.24, 2.45) is 0 Å². The van der Waals surface area contributed by atoms with Crippen molar-refractivity contribution in [3.63, 3.8) is 0 Å². The average molecular weight is 420 g/mol. The van der Waals surface area contributed by atoms with Crippen LogP contribution in [0.4, 0.5) is 11.4 Å². The minimum atomic E-state index is -3.83. The molecular formula is C19H25N5O4S. The first-order chi connectivity index (χ1) is 13.8. The number of hydrogen-bond acceptors (Lipinski definition) is 7. The Morgan fingerprint density at radius 1 is 1.24 bits per heavy atom. The molecule has 156 valence electrons. The maximum absolute atomic E-state index is 12.5. The summed E-state index contributed by atoms with van der Waals surface area (Å²) in [6.07, 6.45) is 3.57. The minimum absolute atomic E-state index is 0.111. The van der Waals surface area contributed by atoms with E-state index in [0.717, 1.165) is 24.6 Å². The van der Waals surface area contributed by atoms with E-state index in [4.69, 9.17) is 0 Å². The molecule has 1 N–H and O–H groups in total. The highest BCUT2D eigenvalue weighted by Gasteiger charge is 2.34. The zero-order valence-corrected chi connectivity index (χ0v) is 17.3. The van der Waals surface area contributed by atoms with E-state index in [0.29, 0.717) is 18.8 Å². The Morgan fingerprint density at radius 3 is 2.59 bits per heavy atom. The number of benzene rings is 1. The van der Waals surface area contributed by atoms with Crippen LogP contribution in [0.1, 0.15) is 18.5 Å². The van der Waals surface area contributed by atoms with Crippen LogP contribution < -0.4 is 9.62 Å². The van der Waals surface area contributed by atoms with Gasteiger partial charge in [-0.3, -0.25) is 15.1 Å². The molecule has 0 spiro atoms. The lowest BCUT2D eigenvalue weighted by molar-refractivity contribution is -0.384. The molecule has 1 heterocycles. The van der Waals surface area contributed by atoms with Crippen molar-refractivity contribution >= 4 is 21.4 Å². The molecule has 0 aliphatic heterocycles. The van der Waals surface area contributed by atoms with Gasteiger partial charge in [-0.25, -0.2) is 13.1 Å². The van der Waals surface area contributed by atoms with E-state index < -0.39 is 14.9 Å². The molecule has 0 saturated heterocycles. The van der Waals surface area contributed by atoms with Crippen LogP contribution in [0.25, 0.3) is 0 Å². The fraction of sp³-hybridized carbons (Fsp3) is 0.421. The van der Waals surface area contributed by atoms with Crippen LogP contribution in [0.15, 0.2) is 47.5 Å². The molecule has 0 unspecified atom stereocenters. The highest BCUT2D eigenvalue weighted by molar-refractivity contribution is 7.89. The monoisotopic (exact) mass is 419 g/mol. The quantitative estimate of drug-likeness (QED) is 0.463. The van der Waals surface area contributed by atoms with Crippen LogP contribution in [0.3, 0.4) is 0 Å². The van der Waals surface area contributed by atoms with Crippen molar-refractivity contribution < 1.29 is 13.3 Å². The summed E-state index contributed by atoms with van der Waals surface area (Å²) in [4.78, 5) is 19.2. The van der Waals surface area contributed by atoms with Crippen molar-refractivity contribution in [1.29, 1.82) is 0 Å². The normalized spacial score (nSPS) is 14.2. The fourth-order valence-corrected chi connectivity index (χ4v) is 4.05. The lowest BCUT2D eigenvalue weighted by atomic mass is 10.2. The molecule has 0 amide bonds. The maximum Gasteiger partial charge on any atom is 0.293 e. The highest BCUT2D eigenvalue weighted by Crippen LogP contribution is 2.38. The topological polar surface area (TPSA) is 109 Å². The molecule has 10 heteroatoms. The zero-order chi connectivity index (χ0) is 21.0. The summed E-state index contributed by atoms with van der Waals surface area (Å²) < 4.78 is 27.5. The molecule has 1 saturated carbocycles. The van der Waals surface area contributed by atoms with E-state index in [1.54, 1.807) is 6.20 Å². The number of pyridine rings is 1. The fourth-order valence-electron chi connectivity index (χ4n) is 3.01. The molecule has 1 aromatic carbocycles. The largest absolute Gasteiger partial charge is 0.357 e. The van der Waals surface area contributed by atoms with Gasteiger partial charge in [0.25, 0.3) is 5.69 Å². The van der Waals surface area contributed by atoms with Gasteiger partial charge in [0.2, 0.25) is 10.0 Å². The van der Waals surface area contributed by atoms with E-state index >= 15 is 0 Å². The molecule has 29 heavy (non-hydrogen) atoms. The zero-order valence-electron chi connectivity index (χ0n) is 16.5. The Bertz CT molecular complexity index is 962. The molecule has 1 aliphatic rings. The van der Waals surface area contributed by atoms with Gasteiger partial charge in [-0.1, -0.05) is 6.07 Å². The van der Waals surface area contributed by atoms with Gasteiger partial charge >= 0.3 is 0 Å². The first-order valence-corrected chi connectivity index (χ1v) is 10.9. The van der Waals surface area contributed by atoms with Gasteiger partial charge in [0.1, 0.15) is 5.69 Å². The van der Waals surface area contributed by atoms with Crippen LogP contribution in [0, 0.1) is 10.1 Å². The molecule has 0 atom stereocenters. The van der Waals surface area contributed by atoms with Crippen molar-refractivity contribution in [2.45, 2.75) is 30.3 Å². The van der Waals surface area contributed by atoms with Gasteiger partial charge in [-0.15, -0.1) is 0 Å². The number of likely N-dealkylation sites (N-methyl/N-ethyl adjacent to an activating group) is 1. The molecule has 9 nitrogen and oxygen atoms in total. The van der Waals surface area contributed by atoms with Gasteiger partial charge in [0.05, 0.1) is 22.1 Å². The van der Waals surface area contributed by atoms with E-state index in [9.17, 15) is 18.5 Å². The smallest absolute Gasteiger partial charge is 0.293 e. The van der Waals surface area contributed by atoms with Crippen LogP contribution in [-0.2, 0) is 16.6 Å². The molecule has 1 fully saturated rings. The lowest BCUT2D eigenvalue weighted by Crippen LogP contribution is -2.31. The lowest BCUT2D eigenvalue weighted by Gasteiger charge is -2.24. The van der Waals surface area contributed by atoms with Crippen LogP contribution >= 0.6 is 0 Å². The van der Waals surface area contributed by atoms with Crippen molar-refractivity contribution in [1.82, 2.24) is 14.6 Å². The van der Waals surface area contributed by atoms with Crippen molar-refractivity contribution in [2.75, 3.05) is 32.1 Å². The molecule has 3 rings (SSSR count). The number of nitro groups is 1. The number of sulfonamides is 1. The maximum atomic E-state index is 12.5. The Balaban J connectivity index is 1.90. The third-order valence-electron chi connectivity index (χ3n) is 4.66. The number of nitro benzene ring substituents is 1. The Morgan fingerprint density at radius 2 is 2.00 bits per heavy atom. The Labute approximate surface area is 170 Å². The van der Waals surface area contributed by atoms with Gasteiger partial charge < -0.3 is 9.80 Å². The number of nitrogens with one attached hydrogen (secondary N) is 1. The van der Waals surface area contributed by atoms with E-state index in [-0.39, 0.29) is 23.2 Å². The SMILES string of the molecule is CN(C)CCNS(=O)(=O)c1ccc(N(Cc2ccccn2)C2CC2)c([N+](=O)[O-])c1. The van der Waals surface area contributed by atoms with E-state index in [2.05, 4.69) is 9.71 Å². The average Bonchev–Trinajstić information content (AvgIpc) is 3.51. The van der Waals surface area contributed by atoms with Crippen molar-refractivity contribution in [3.05, 3.63) is 58.4 Å². The van der Waals surface area contributed by atoms with E-state index in [1.165, 1.54) is 12.1 Å². The number of nitrogens with zero attached hydrogens (tertiary/aromatic N) is 4. The van der Waals surface area contributed by atoms with Gasteiger partial charge in [-0.2, -0.15) is 0 Å². The third kappa shape index (κ3) is 5.49. The van der Waals surface area contributed by atoms with Crippen LogP contribution in [0.5, 0.6) is 0 Å². The first-order valence-electron chi connectivity index (χ1n) is 9.37. The minimum Gasteiger partial charge on any atom is -0.357 e. The number of rotatable bonds is 10. The predicted octanol–water partition coefficient (Wildman–Crippen LogP) is 2.00. The second-order valence-electron chi connectivity index (χ2n) is 7.29. The van der Waals surface area contributed by atoms with Gasteiger partial charge in [0, 0.05) is 31.4 Å². The number of anilines is 1. The summed E-state index contributed by atoms with van der Waals surface area (Å²) in [6, 6.07) is 9.84. The molecule has 2 aromatic rings. The van der Waals surface area contributed by atoms with Crippen LogP contribution in [0.2, 0.25) is 0 Å². The molecular weight excluding hydrogens is 394 g/mol. The van der Waals surface area contributed by atoms with E-state index in [1.807, 2.05) is 42.1 Å². The summed E-state index contributed by atoms with van der Waals surface area (Å²) in [6.45, 7) is 1.18. The van der Waals surface area contributed by atoms with Gasteiger partial charge in [0.15, 0.2) is 0 Å². The van der Waals surface area contributed by atoms with Crippen molar-refractivity contribution in [3.8, 4) is 0 Å². The molecule has 0 radical (unpaired) electrons. The first kappa shape index (κ1) is 21.2. The van der Waals surface area contributed by atoms with Crippen LogP contribution in [-0.4, -0.2) is 56.5 Å². The molecule has 0 bridgehead atoms. The summed E-state index contributed by atoms with van der Waals surface area (Å²) in [5.74, 6) is 0. The number of aromatic nitrogens is 1.